The smallest absolute Gasteiger partial charge is 0.278 e. The first kappa shape index (κ1) is 12.4. The first-order chi connectivity index (χ1) is 8.58. The third-order valence-corrected chi connectivity index (χ3v) is 2.42. The Morgan fingerprint density at radius 2 is 2.22 bits per heavy atom. The second-order valence-electron chi connectivity index (χ2n) is 3.87. The molecule has 0 fully saturated rings. The highest BCUT2D eigenvalue weighted by Crippen LogP contribution is 2.17. The van der Waals surface area contributed by atoms with Gasteiger partial charge in [0.05, 0.1) is 11.2 Å². The van der Waals surface area contributed by atoms with E-state index in [-0.39, 0.29) is 22.6 Å². The van der Waals surface area contributed by atoms with Crippen LogP contribution >= 0.6 is 11.6 Å². The lowest BCUT2D eigenvalue weighted by atomic mass is 10.2. The minimum atomic E-state index is -0.457. The van der Waals surface area contributed by atoms with E-state index in [9.17, 15) is 4.79 Å². The summed E-state index contributed by atoms with van der Waals surface area (Å²) in [7, 11) is 0. The molecule has 0 radical (unpaired) electrons. The molecule has 0 aliphatic heterocycles. The molecule has 2 aromatic heterocycles. The highest BCUT2D eigenvalue weighted by Gasteiger charge is 2.16. The van der Waals surface area contributed by atoms with Crippen LogP contribution in [0.3, 0.4) is 0 Å². The molecular formula is C10H11ClN6O. The van der Waals surface area contributed by atoms with E-state index in [4.69, 9.17) is 11.6 Å². The van der Waals surface area contributed by atoms with Crippen LogP contribution in [0.2, 0.25) is 5.02 Å². The van der Waals surface area contributed by atoms with Crippen LogP contribution in [0, 0.1) is 0 Å². The van der Waals surface area contributed by atoms with Crippen LogP contribution in [0.4, 0.5) is 5.95 Å². The van der Waals surface area contributed by atoms with E-state index in [1.807, 2.05) is 13.8 Å². The molecule has 0 bridgehead atoms. The SMILES string of the molecule is CC(C)c1ncc(Cl)c(C(=O)Nc2ncn[nH]2)n1. The molecule has 94 valence electrons. The van der Waals surface area contributed by atoms with Gasteiger partial charge in [-0.2, -0.15) is 10.1 Å². The van der Waals surface area contributed by atoms with E-state index >= 15 is 0 Å². The second kappa shape index (κ2) is 5.09. The topological polar surface area (TPSA) is 96.5 Å². The van der Waals surface area contributed by atoms with E-state index in [2.05, 4.69) is 30.5 Å². The molecule has 1 amide bonds. The minimum absolute atomic E-state index is 0.110. The number of amides is 1. The zero-order valence-electron chi connectivity index (χ0n) is 9.81. The molecule has 0 aliphatic rings. The number of hydrogen-bond acceptors (Lipinski definition) is 5. The predicted octanol–water partition coefficient (Wildman–Crippen LogP) is 1.62. The van der Waals surface area contributed by atoms with Crippen molar-refractivity contribution in [2.45, 2.75) is 19.8 Å². The largest absolute Gasteiger partial charge is 0.289 e. The number of carbonyl (C=O) groups excluding carboxylic acids is 1. The Bertz CT molecular complexity index is 554. The van der Waals surface area contributed by atoms with E-state index in [1.165, 1.54) is 12.5 Å². The first-order valence-corrected chi connectivity index (χ1v) is 5.65. The third kappa shape index (κ3) is 2.62. The van der Waals surface area contributed by atoms with Crippen molar-refractivity contribution in [1.82, 2.24) is 25.1 Å². The van der Waals surface area contributed by atoms with Crippen molar-refractivity contribution < 1.29 is 4.79 Å². The van der Waals surface area contributed by atoms with Gasteiger partial charge in [-0.3, -0.25) is 10.1 Å². The van der Waals surface area contributed by atoms with Crippen LogP contribution in [-0.4, -0.2) is 31.1 Å². The lowest BCUT2D eigenvalue weighted by Crippen LogP contribution is -2.17. The molecule has 0 spiro atoms. The summed E-state index contributed by atoms with van der Waals surface area (Å²) in [4.78, 5) is 23.9. The zero-order chi connectivity index (χ0) is 13.1. The number of aromatic nitrogens is 5. The van der Waals surface area contributed by atoms with Crippen LogP contribution in [0.1, 0.15) is 36.1 Å². The molecule has 0 unspecified atom stereocenters. The van der Waals surface area contributed by atoms with Gasteiger partial charge in [0.2, 0.25) is 5.95 Å². The molecule has 2 N–H and O–H groups in total. The van der Waals surface area contributed by atoms with Crippen LogP contribution in [0.15, 0.2) is 12.5 Å². The molecule has 0 aromatic carbocycles. The minimum Gasteiger partial charge on any atom is -0.289 e. The zero-order valence-corrected chi connectivity index (χ0v) is 10.6. The molecule has 18 heavy (non-hydrogen) atoms. The number of hydrogen-bond donors (Lipinski definition) is 2. The third-order valence-electron chi connectivity index (χ3n) is 2.14. The number of carbonyl (C=O) groups is 1. The van der Waals surface area contributed by atoms with Crippen molar-refractivity contribution in [3.8, 4) is 0 Å². The molecule has 2 rings (SSSR count). The van der Waals surface area contributed by atoms with Gasteiger partial charge in [0.15, 0.2) is 5.69 Å². The second-order valence-corrected chi connectivity index (χ2v) is 4.27. The first-order valence-electron chi connectivity index (χ1n) is 5.27. The standard InChI is InChI=1S/C10H11ClN6O/c1-5(2)8-12-3-6(11)7(15-8)9(18)16-10-13-4-14-17-10/h3-5H,1-2H3,(H2,13,14,16,17,18). The van der Waals surface area contributed by atoms with Gasteiger partial charge < -0.3 is 0 Å². The molecule has 7 nitrogen and oxygen atoms in total. The molecule has 0 atom stereocenters. The highest BCUT2D eigenvalue weighted by atomic mass is 35.5. The fourth-order valence-electron chi connectivity index (χ4n) is 1.25. The number of nitrogens with one attached hydrogen (secondary N) is 2. The van der Waals surface area contributed by atoms with Gasteiger partial charge in [-0.1, -0.05) is 25.4 Å². The summed E-state index contributed by atoms with van der Waals surface area (Å²) in [5, 5.41) is 8.83. The normalized spacial score (nSPS) is 10.7. The molecule has 0 saturated heterocycles. The Kier molecular flexibility index (Phi) is 3.52. The molecule has 2 aromatic rings. The summed E-state index contributed by atoms with van der Waals surface area (Å²) in [6.45, 7) is 3.86. The van der Waals surface area contributed by atoms with Crippen molar-refractivity contribution >= 4 is 23.5 Å². The number of halogens is 1. The van der Waals surface area contributed by atoms with Crippen molar-refractivity contribution in [2.75, 3.05) is 5.32 Å². The Labute approximate surface area is 108 Å². The number of nitrogens with zero attached hydrogens (tertiary/aromatic N) is 4. The van der Waals surface area contributed by atoms with Gasteiger partial charge in [0.25, 0.3) is 5.91 Å². The van der Waals surface area contributed by atoms with Gasteiger partial charge >= 0.3 is 0 Å². The lowest BCUT2D eigenvalue weighted by Gasteiger charge is -2.07. The Balaban J connectivity index is 2.26. The number of H-pyrrole nitrogens is 1. The van der Waals surface area contributed by atoms with E-state index < -0.39 is 5.91 Å². The van der Waals surface area contributed by atoms with Gasteiger partial charge in [-0.05, 0) is 0 Å². The maximum atomic E-state index is 11.9. The molecule has 0 aliphatic carbocycles. The molecular weight excluding hydrogens is 256 g/mol. The Morgan fingerprint density at radius 1 is 1.44 bits per heavy atom. The molecule has 0 saturated carbocycles. The summed E-state index contributed by atoms with van der Waals surface area (Å²) >= 11 is 5.90. The van der Waals surface area contributed by atoms with Crippen molar-refractivity contribution in [2.24, 2.45) is 0 Å². The summed E-state index contributed by atoms with van der Waals surface area (Å²) in [5.41, 5.74) is 0.117. The average Bonchev–Trinajstić information content (AvgIpc) is 2.81. The quantitative estimate of drug-likeness (QED) is 0.880. The van der Waals surface area contributed by atoms with Crippen LogP contribution < -0.4 is 5.32 Å². The van der Waals surface area contributed by atoms with Crippen molar-refractivity contribution in [3.63, 3.8) is 0 Å². The summed E-state index contributed by atoms with van der Waals surface area (Å²) in [6.07, 6.45) is 2.70. The summed E-state index contributed by atoms with van der Waals surface area (Å²) in [5.74, 6) is 0.447. The van der Waals surface area contributed by atoms with E-state index in [0.29, 0.717) is 5.82 Å². The van der Waals surface area contributed by atoms with Gasteiger partial charge in [-0.25, -0.2) is 15.1 Å². The van der Waals surface area contributed by atoms with Crippen LogP contribution in [0.5, 0.6) is 0 Å². The van der Waals surface area contributed by atoms with E-state index in [1.54, 1.807) is 0 Å². The van der Waals surface area contributed by atoms with Crippen LogP contribution in [0.25, 0.3) is 0 Å². The van der Waals surface area contributed by atoms with E-state index in [0.717, 1.165) is 0 Å². The Hall–Kier alpha value is -2.02. The monoisotopic (exact) mass is 266 g/mol. The fourth-order valence-corrected chi connectivity index (χ4v) is 1.43. The predicted molar refractivity (Wildman–Crippen MR) is 65.5 cm³/mol. The number of aromatic amines is 1. The maximum Gasteiger partial charge on any atom is 0.278 e. The number of rotatable bonds is 3. The van der Waals surface area contributed by atoms with Crippen molar-refractivity contribution in [3.05, 3.63) is 29.1 Å². The summed E-state index contributed by atoms with van der Waals surface area (Å²) < 4.78 is 0. The fraction of sp³-hybridized carbons (Fsp3) is 0.300. The lowest BCUT2D eigenvalue weighted by molar-refractivity contribution is 0.102. The average molecular weight is 267 g/mol. The highest BCUT2D eigenvalue weighted by molar-refractivity contribution is 6.33. The Morgan fingerprint density at radius 3 is 2.83 bits per heavy atom. The maximum absolute atomic E-state index is 11.9. The van der Waals surface area contributed by atoms with Gasteiger partial charge in [0.1, 0.15) is 12.2 Å². The van der Waals surface area contributed by atoms with Gasteiger partial charge in [0, 0.05) is 5.92 Å². The number of anilines is 1. The van der Waals surface area contributed by atoms with Crippen molar-refractivity contribution in [1.29, 1.82) is 0 Å². The molecule has 8 heteroatoms. The molecule has 2 heterocycles. The summed E-state index contributed by atoms with van der Waals surface area (Å²) in [6, 6.07) is 0. The van der Waals surface area contributed by atoms with Crippen LogP contribution in [-0.2, 0) is 0 Å². The van der Waals surface area contributed by atoms with Gasteiger partial charge in [-0.15, -0.1) is 0 Å².